The standard InChI is InChI=1S/C7H6F3NS/c8-7(9,10)5-3-4(5)6-11-1-2-12-6/h1-2,4-5H,3H2. The molecule has 2 unspecified atom stereocenters. The molecule has 2 atom stereocenters. The number of rotatable bonds is 1. The van der Waals surface area contributed by atoms with Crippen molar-refractivity contribution in [3.8, 4) is 0 Å². The van der Waals surface area contributed by atoms with Crippen molar-refractivity contribution < 1.29 is 13.2 Å². The van der Waals surface area contributed by atoms with Crippen LogP contribution in [-0.2, 0) is 0 Å². The second-order valence-electron chi connectivity index (χ2n) is 2.86. The molecule has 0 bridgehead atoms. The summed E-state index contributed by atoms with van der Waals surface area (Å²) in [5, 5.41) is 2.33. The highest BCUT2D eigenvalue weighted by Crippen LogP contribution is 2.56. The quantitative estimate of drug-likeness (QED) is 0.668. The summed E-state index contributed by atoms with van der Waals surface area (Å²) in [6.45, 7) is 0. The van der Waals surface area contributed by atoms with Crippen LogP contribution >= 0.6 is 11.3 Å². The molecule has 1 aromatic heterocycles. The first-order valence-electron chi connectivity index (χ1n) is 3.55. The van der Waals surface area contributed by atoms with E-state index in [2.05, 4.69) is 4.98 Å². The number of nitrogens with zero attached hydrogens (tertiary/aromatic N) is 1. The van der Waals surface area contributed by atoms with Crippen LogP contribution < -0.4 is 0 Å². The fourth-order valence-corrected chi connectivity index (χ4v) is 2.07. The van der Waals surface area contributed by atoms with Crippen molar-refractivity contribution in [3.63, 3.8) is 0 Å². The van der Waals surface area contributed by atoms with Gasteiger partial charge >= 0.3 is 6.18 Å². The van der Waals surface area contributed by atoms with Gasteiger partial charge in [0.15, 0.2) is 0 Å². The number of thiazole rings is 1. The van der Waals surface area contributed by atoms with Crippen molar-refractivity contribution in [3.05, 3.63) is 16.6 Å². The molecular weight excluding hydrogens is 187 g/mol. The van der Waals surface area contributed by atoms with Gasteiger partial charge in [0.1, 0.15) is 0 Å². The second kappa shape index (κ2) is 2.45. The lowest BCUT2D eigenvalue weighted by molar-refractivity contribution is -0.148. The zero-order valence-electron chi connectivity index (χ0n) is 6.01. The predicted molar refractivity (Wildman–Crippen MR) is 39.0 cm³/mol. The van der Waals surface area contributed by atoms with Crippen molar-refractivity contribution in [1.29, 1.82) is 0 Å². The number of aromatic nitrogens is 1. The van der Waals surface area contributed by atoms with E-state index >= 15 is 0 Å². The molecule has 1 aromatic rings. The van der Waals surface area contributed by atoms with Crippen LogP contribution in [0.15, 0.2) is 11.6 Å². The van der Waals surface area contributed by atoms with E-state index < -0.39 is 12.1 Å². The maximum Gasteiger partial charge on any atom is 0.392 e. The second-order valence-corrected chi connectivity index (χ2v) is 3.79. The Hall–Kier alpha value is -0.580. The molecule has 0 spiro atoms. The summed E-state index contributed by atoms with van der Waals surface area (Å²) in [7, 11) is 0. The van der Waals surface area contributed by atoms with E-state index in [1.54, 1.807) is 11.6 Å². The molecule has 0 N–H and O–H groups in total. The average molecular weight is 193 g/mol. The molecule has 5 heteroatoms. The molecule has 0 saturated heterocycles. The van der Waals surface area contributed by atoms with Gasteiger partial charge in [0, 0.05) is 17.5 Å². The van der Waals surface area contributed by atoms with Crippen LogP contribution in [0.5, 0.6) is 0 Å². The van der Waals surface area contributed by atoms with Gasteiger partial charge in [-0.15, -0.1) is 11.3 Å². The van der Waals surface area contributed by atoms with E-state index in [1.165, 1.54) is 11.3 Å². The van der Waals surface area contributed by atoms with Gasteiger partial charge in [0.05, 0.1) is 10.9 Å². The van der Waals surface area contributed by atoms with Gasteiger partial charge < -0.3 is 0 Å². The van der Waals surface area contributed by atoms with Gasteiger partial charge in [-0.25, -0.2) is 4.98 Å². The Bertz CT molecular complexity index is 267. The Morgan fingerprint density at radius 1 is 1.50 bits per heavy atom. The van der Waals surface area contributed by atoms with E-state index in [1.807, 2.05) is 0 Å². The van der Waals surface area contributed by atoms with Gasteiger partial charge in [-0.3, -0.25) is 0 Å². The minimum atomic E-state index is -4.03. The summed E-state index contributed by atoms with van der Waals surface area (Å²) in [5.74, 6) is -1.49. The zero-order valence-corrected chi connectivity index (χ0v) is 6.82. The lowest BCUT2D eigenvalue weighted by Crippen LogP contribution is -2.11. The fraction of sp³-hybridized carbons (Fsp3) is 0.571. The lowest BCUT2D eigenvalue weighted by atomic mass is 10.3. The summed E-state index contributed by atoms with van der Waals surface area (Å²) in [6, 6.07) is 0. The Kier molecular flexibility index (Phi) is 1.64. The van der Waals surface area contributed by atoms with Gasteiger partial charge in [0.2, 0.25) is 0 Å². The zero-order chi connectivity index (χ0) is 8.77. The molecular formula is C7H6F3NS. The third-order valence-electron chi connectivity index (χ3n) is 1.98. The van der Waals surface area contributed by atoms with E-state index in [4.69, 9.17) is 0 Å². The Labute approximate surface area is 71.2 Å². The maximum atomic E-state index is 12.1. The molecule has 2 rings (SSSR count). The minimum absolute atomic E-state index is 0.219. The van der Waals surface area contributed by atoms with Crippen molar-refractivity contribution in [1.82, 2.24) is 4.98 Å². The molecule has 0 amide bonds. The van der Waals surface area contributed by atoms with Crippen LogP contribution in [0.25, 0.3) is 0 Å². The van der Waals surface area contributed by atoms with Crippen molar-refractivity contribution in [2.45, 2.75) is 18.5 Å². The number of hydrogen-bond donors (Lipinski definition) is 0. The number of hydrogen-bond acceptors (Lipinski definition) is 2. The smallest absolute Gasteiger partial charge is 0.249 e. The largest absolute Gasteiger partial charge is 0.392 e. The van der Waals surface area contributed by atoms with Crippen LogP contribution in [0.3, 0.4) is 0 Å². The molecule has 12 heavy (non-hydrogen) atoms. The predicted octanol–water partition coefficient (Wildman–Crippen LogP) is 2.81. The summed E-state index contributed by atoms with van der Waals surface area (Å²) >= 11 is 1.30. The molecule has 1 aliphatic rings. The van der Waals surface area contributed by atoms with Gasteiger partial charge in [-0.1, -0.05) is 0 Å². The SMILES string of the molecule is FC(F)(F)C1CC1c1nccs1. The van der Waals surface area contributed by atoms with E-state index in [0.29, 0.717) is 5.01 Å². The third-order valence-corrected chi connectivity index (χ3v) is 2.89. The van der Waals surface area contributed by atoms with Crippen molar-refractivity contribution >= 4 is 11.3 Å². The molecule has 0 radical (unpaired) electrons. The maximum absolute atomic E-state index is 12.1. The number of alkyl halides is 3. The van der Waals surface area contributed by atoms with Crippen LogP contribution in [0, 0.1) is 5.92 Å². The topological polar surface area (TPSA) is 12.9 Å². The normalized spacial score (nSPS) is 28.9. The van der Waals surface area contributed by atoms with Crippen molar-refractivity contribution in [2.24, 2.45) is 5.92 Å². The molecule has 1 aliphatic carbocycles. The summed E-state index contributed by atoms with van der Waals surface area (Å²) < 4.78 is 36.2. The first-order chi connectivity index (χ1) is 5.59. The average Bonchev–Trinajstić information content (AvgIpc) is 2.60. The highest BCUT2D eigenvalue weighted by atomic mass is 32.1. The summed E-state index contributed by atoms with van der Waals surface area (Å²) in [5.41, 5.74) is 0. The van der Waals surface area contributed by atoms with E-state index in [-0.39, 0.29) is 12.3 Å². The first-order valence-corrected chi connectivity index (χ1v) is 4.43. The molecule has 1 nitrogen and oxygen atoms in total. The Balaban J connectivity index is 2.06. The monoisotopic (exact) mass is 193 g/mol. The summed E-state index contributed by atoms with van der Waals surface area (Å²) in [4.78, 5) is 3.86. The Morgan fingerprint density at radius 3 is 2.67 bits per heavy atom. The van der Waals surface area contributed by atoms with Crippen molar-refractivity contribution in [2.75, 3.05) is 0 Å². The molecule has 1 fully saturated rings. The molecule has 66 valence electrons. The van der Waals surface area contributed by atoms with Crippen LogP contribution in [0.1, 0.15) is 17.3 Å². The molecule has 1 saturated carbocycles. The Morgan fingerprint density at radius 2 is 2.25 bits per heavy atom. The van der Waals surface area contributed by atoms with E-state index in [9.17, 15) is 13.2 Å². The third kappa shape index (κ3) is 1.33. The fourth-order valence-electron chi connectivity index (χ4n) is 1.25. The van der Waals surface area contributed by atoms with Crippen LogP contribution in [-0.4, -0.2) is 11.2 Å². The van der Waals surface area contributed by atoms with Gasteiger partial charge in [-0.05, 0) is 6.42 Å². The van der Waals surface area contributed by atoms with Crippen LogP contribution in [0.2, 0.25) is 0 Å². The highest BCUT2D eigenvalue weighted by molar-refractivity contribution is 7.09. The number of halogens is 3. The molecule has 1 heterocycles. The molecule has 0 aromatic carbocycles. The molecule has 0 aliphatic heterocycles. The first kappa shape index (κ1) is 8.04. The van der Waals surface area contributed by atoms with Crippen LogP contribution in [0.4, 0.5) is 13.2 Å². The van der Waals surface area contributed by atoms with Gasteiger partial charge in [-0.2, -0.15) is 13.2 Å². The summed E-state index contributed by atoms with van der Waals surface area (Å²) in [6.07, 6.45) is -2.26. The minimum Gasteiger partial charge on any atom is -0.249 e. The van der Waals surface area contributed by atoms with E-state index in [0.717, 1.165) is 0 Å². The lowest BCUT2D eigenvalue weighted by Gasteiger charge is -2.02. The highest BCUT2D eigenvalue weighted by Gasteiger charge is 2.57. The van der Waals surface area contributed by atoms with Gasteiger partial charge in [0.25, 0.3) is 0 Å².